The summed E-state index contributed by atoms with van der Waals surface area (Å²) in [5.41, 5.74) is 1.44. The van der Waals surface area contributed by atoms with Crippen LogP contribution in [0.4, 0.5) is 11.4 Å². The Hall–Kier alpha value is -3.95. The molecule has 2 aromatic rings. The number of carbonyl (C=O) groups excluding carboxylic acids is 3. The molecule has 0 bridgehead atoms. The van der Waals surface area contributed by atoms with Crippen molar-refractivity contribution in [1.82, 2.24) is 9.80 Å². The van der Waals surface area contributed by atoms with Gasteiger partial charge < -0.3 is 29.4 Å². The number of fused-ring (bicyclic) bond motifs is 2. The van der Waals surface area contributed by atoms with Gasteiger partial charge in [0.05, 0.1) is 30.6 Å². The molecule has 244 valence electrons. The zero-order valence-electron chi connectivity index (χ0n) is 27.3. The van der Waals surface area contributed by atoms with E-state index in [1.807, 2.05) is 92.7 Å². The largest absolute Gasteiger partial charge is 0.394 e. The zero-order chi connectivity index (χ0) is 32.6. The van der Waals surface area contributed by atoms with E-state index >= 15 is 0 Å². The van der Waals surface area contributed by atoms with Crippen LogP contribution < -0.4 is 9.80 Å². The maximum Gasteiger partial charge on any atom is 0.253 e. The second-order valence-corrected chi connectivity index (χ2v) is 13.2. The first-order valence-electron chi connectivity index (χ1n) is 16.7. The fourth-order valence-corrected chi connectivity index (χ4v) is 7.95. The van der Waals surface area contributed by atoms with Gasteiger partial charge in [-0.2, -0.15) is 0 Å². The number of benzene rings is 2. The molecular weight excluding hydrogens is 580 g/mol. The van der Waals surface area contributed by atoms with Crippen molar-refractivity contribution < 1.29 is 24.2 Å². The Bertz CT molecular complexity index is 1490. The summed E-state index contributed by atoms with van der Waals surface area (Å²) in [4.78, 5) is 51.2. The minimum Gasteiger partial charge on any atom is -0.394 e. The number of aliphatic hydroxyl groups is 1. The van der Waals surface area contributed by atoms with E-state index in [0.29, 0.717) is 26.1 Å². The van der Waals surface area contributed by atoms with E-state index in [4.69, 9.17) is 4.74 Å². The van der Waals surface area contributed by atoms with Crippen molar-refractivity contribution in [2.75, 3.05) is 42.6 Å². The summed E-state index contributed by atoms with van der Waals surface area (Å²) in [6.45, 7) is 10.9. The molecule has 2 fully saturated rings. The summed E-state index contributed by atoms with van der Waals surface area (Å²) >= 11 is 0. The summed E-state index contributed by atoms with van der Waals surface area (Å²) in [7, 11) is 0. The van der Waals surface area contributed by atoms with Crippen molar-refractivity contribution in [2.45, 2.75) is 64.4 Å². The molecule has 1 N–H and O–H groups in total. The Balaban J connectivity index is 1.40. The van der Waals surface area contributed by atoms with Crippen molar-refractivity contribution in [3.8, 4) is 0 Å². The fraction of sp³-hybridized carbons (Fsp3) is 0.486. The van der Waals surface area contributed by atoms with E-state index in [9.17, 15) is 19.5 Å². The lowest BCUT2D eigenvalue weighted by Crippen LogP contribution is -2.58. The summed E-state index contributed by atoms with van der Waals surface area (Å²) < 4.78 is 6.83. The van der Waals surface area contributed by atoms with Gasteiger partial charge in [0.1, 0.15) is 11.6 Å². The maximum atomic E-state index is 14.8. The molecule has 1 spiro atoms. The van der Waals surface area contributed by atoms with Gasteiger partial charge in [-0.3, -0.25) is 14.4 Å². The van der Waals surface area contributed by atoms with Crippen molar-refractivity contribution in [3.05, 3.63) is 84.5 Å². The van der Waals surface area contributed by atoms with E-state index in [2.05, 4.69) is 18.7 Å². The summed E-state index contributed by atoms with van der Waals surface area (Å²) in [6.07, 6.45) is 7.45. The summed E-state index contributed by atoms with van der Waals surface area (Å²) in [5, 5.41) is 10.6. The molecule has 4 aliphatic heterocycles. The standard InChI is InChI=1S/C37H46N4O5/c1-5-38(6-2)27-15-17-28(18-16-27)40-21-11-19-37-32(35(44)41(33(37)36(40)45)29(24-42)22-25(3)4)31-30(46-37)14-10-20-39(34(31)43)23-26-12-8-7-9-13-26/h7-19,25,29-33,42H,5-6,20-24H2,1-4H3/t29-,30+,31-,32+,33?,37+/m1/s1. The number of carbonyl (C=O) groups is 3. The molecule has 6 atom stereocenters. The van der Waals surface area contributed by atoms with Crippen LogP contribution in [0.15, 0.2) is 78.9 Å². The monoisotopic (exact) mass is 626 g/mol. The minimum atomic E-state index is -1.35. The molecule has 2 aromatic carbocycles. The van der Waals surface area contributed by atoms with Crippen LogP contribution in [0.3, 0.4) is 0 Å². The molecule has 0 saturated carbocycles. The van der Waals surface area contributed by atoms with Gasteiger partial charge in [-0.25, -0.2) is 0 Å². The number of amides is 3. The highest BCUT2D eigenvalue weighted by atomic mass is 16.5. The van der Waals surface area contributed by atoms with Crippen LogP contribution in [0.1, 0.15) is 39.7 Å². The third-order valence-electron chi connectivity index (χ3n) is 10.0. The van der Waals surface area contributed by atoms with Crippen LogP contribution in [0.25, 0.3) is 0 Å². The highest BCUT2D eigenvalue weighted by molar-refractivity contribution is 6.06. The Labute approximate surface area is 272 Å². The normalized spacial score (nSPS) is 27.9. The second kappa shape index (κ2) is 13.0. The van der Waals surface area contributed by atoms with Crippen molar-refractivity contribution in [2.24, 2.45) is 17.8 Å². The molecule has 3 amide bonds. The lowest BCUT2D eigenvalue weighted by Gasteiger charge is -2.39. The van der Waals surface area contributed by atoms with E-state index in [1.165, 1.54) is 0 Å². The Morgan fingerprint density at radius 1 is 0.935 bits per heavy atom. The number of hydrogen-bond donors (Lipinski definition) is 1. The van der Waals surface area contributed by atoms with Gasteiger partial charge in [0.15, 0.2) is 0 Å². The van der Waals surface area contributed by atoms with Gasteiger partial charge in [-0.05, 0) is 56.0 Å². The number of likely N-dealkylation sites (tertiary alicyclic amines) is 1. The third kappa shape index (κ3) is 5.43. The Morgan fingerprint density at radius 2 is 1.65 bits per heavy atom. The maximum absolute atomic E-state index is 14.8. The van der Waals surface area contributed by atoms with Crippen LogP contribution in [0.2, 0.25) is 0 Å². The number of hydrogen-bond acceptors (Lipinski definition) is 6. The predicted molar refractivity (Wildman–Crippen MR) is 178 cm³/mol. The minimum absolute atomic E-state index is 0.159. The summed E-state index contributed by atoms with van der Waals surface area (Å²) in [5.74, 6) is -2.27. The highest BCUT2D eigenvalue weighted by Crippen LogP contribution is 2.54. The van der Waals surface area contributed by atoms with Gasteiger partial charge >= 0.3 is 0 Å². The lowest BCUT2D eigenvalue weighted by molar-refractivity contribution is -0.147. The molecule has 46 heavy (non-hydrogen) atoms. The molecule has 2 saturated heterocycles. The molecule has 0 radical (unpaired) electrons. The Morgan fingerprint density at radius 3 is 2.30 bits per heavy atom. The van der Waals surface area contributed by atoms with Gasteiger partial charge in [-0.15, -0.1) is 0 Å². The number of ether oxygens (including phenoxy) is 1. The smallest absolute Gasteiger partial charge is 0.253 e. The first-order chi connectivity index (χ1) is 22.2. The topological polar surface area (TPSA) is 93.6 Å². The molecule has 4 aliphatic rings. The second-order valence-electron chi connectivity index (χ2n) is 13.2. The molecule has 0 aromatic heterocycles. The van der Waals surface area contributed by atoms with Crippen LogP contribution >= 0.6 is 0 Å². The number of rotatable bonds is 10. The zero-order valence-corrected chi connectivity index (χ0v) is 27.3. The number of anilines is 2. The molecule has 9 heteroatoms. The summed E-state index contributed by atoms with van der Waals surface area (Å²) in [6, 6.07) is 16.1. The number of aliphatic hydroxyl groups excluding tert-OH is 1. The molecule has 4 heterocycles. The Kier molecular flexibility index (Phi) is 9.08. The van der Waals surface area contributed by atoms with Gasteiger partial charge in [0, 0.05) is 44.1 Å². The van der Waals surface area contributed by atoms with Crippen molar-refractivity contribution >= 4 is 29.1 Å². The molecule has 9 nitrogen and oxygen atoms in total. The number of nitrogens with zero attached hydrogens (tertiary/aromatic N) is 4. The van der Waals surface area contributed by atoms with Crippen LogP contribution in [0, 0.1) is 17.8 Å². The lowest BCUT2D eigenvalue weighted by atomic mass is 9.77. The third-order valence-corrected chi connectivity index (χ3v) is 10.0. The molecule has 0 aliphatic carbocycles. The van der Waals surface area contributed by atoms with E-state index in [1.54, 1.807) is 14.7 Å². The van der Waals surface area contributed by atoms with Crippen molar-refractivity contribution in [3.63, 3.8) is 0 Å². The first-order valence-corrected chi connectivity index (χ1v) is 16.7. The van der Waals surface area contributed by atoms with Gasteiger partial charge in [0.2, 0.25) is 11.8 Å². The van der Waals surface area contributed by atoms with E-state index in [-0.39, 0.29) is 30.2 Å². The van der Waals surface area contributed by atoms with Crippen LogP contribution in [-0.4, -0.2) is 89.2 Å². The van der Waals surface area contributed by atoms with Gasteiger partial charge in [0.25, 0.3) is 5.91 Å². The average molecular weight is 627 g/mol. The molecular formula is C37H46N4O5. The molecule has 6 rings (SSSR count). The highest BCUT2D eigenvalue weighted by Gasteiger charge is 2.72. The van der Waals surface area contributed by atoms with E-state index in [0.717, 1.165) is 30.0 Å². The van der Waals surface area contributed by atoms with Crippen LogP contribution in [-0.2, 0) is 25.7 Å². The SMILES string of the molecule is CCN(CC)c1ccc(N2CC=C[C@]34O[C@H]5C=CCN(Cc6ccccc6)C(=O)[C@H]5[C@H]3C(=O)N([C@@H](CO)CC(C)C)C4C2=O)cc1. The van der Waals surface area contributed by atoms with Crippen LogP contribution in [0.5, 0.6) is 0 Å². The first kappa shape index (κ1) is 32.0. The fourth-order valence-electron chi connectivity index (χ4n) is 7.95. The van der Waals surface area contributed by atoms with E-state index < -0.39 is 35.6 Å². The predicted octanol–water partition coefficient (Wildman–Crippen LogP) is 4.02. The van der Waals surface area contributed by atoms with Crippen molar-refractivity contribution in [1.29, 1.82) is 0 Å². The molecule has 1 unspecified atom stereocenters. The quantitative estimate of drug-likeness (QED) is 0.401. The average Bonchev–Trinajstić information content (AvgIpc) is 3.38. The van der Waals surface area contributed by atoms with Gasteiger partial charge in [-0.1, -0.05) is 68.5 Å².